The molecule has 0 amide bonds. The minimum absolute atomic E-state index is 0.274. The topological polar surface area (TPSA) is 79.2 Å². The van der Waals surface area contributed by atoms with Gasteiger partial charge in [-0.05, 0) is 13.2 Å². The summed E-state index contributed by atoms with van der Waals surface area (Å²) in [6.07, 6.45) is 1.18. The summed E-state index contributed by atoms with van der Waals surface area (Å²) in [5, 5.41) is 23.9. The monoisotopic (exact) mass is 176 g/mol. The Hall–Kier alpha value is -1.62. The largest absolute Gasteiger partial charge is 0.481 e. The van der Waals surface area contributed by atoms with Crippen LogP contribution in [0, 0.1) is 0 Å². The summed E-state index contributed by atoms with van der Waals surface area (Å²) < 4.78 is 8.12. The molecular formula is C7H12O5. The van der Waals surface area contributed by atoms with E-state index < -0.39 is 11.9 Å². The first kappa shape index (κ1) is 13.0. The molecule has 0 unspecified atom stereocenters. The smallest absolute Gasteiger partial charge is 0.277 e. The maximum atomic E-state index is 8.09. The Balaban J connectivity index is 0. The molecule has 5 nitrogen and oxygen atoms in total. The zero-order valence-corrected chi connectivity index (χ0v) is 6.56. The molecule has 0 fully saturated rings. The predicted molar refractivity (Wildman–Crippen MR) is 43.0 cm³/mol. The molecule has 0 aliphatic carbocycles. The molecule has 0 saturated carbocycles. The summed E-state index contributed by atoms with van der Waals surface area (Å²) in [5.74, 6) is -1.12. The molecule has 0 saturated heterocycles. The van der Waals surface area contributed by atoms with Crippen molar-refractivity contribution < 1.29 is 24.8 Å². The Labute approximate surface area is 70.5 Å². The molecule has 0 rings (SSSR count). The highest BCUT2D eigenvalue weighted by atomic mass is 16.7. The minimum Gasteiger partial charge on any atom is -0.481 e. The summed E-state index contributed by atoms with van der Waals surface area (Å²) in [5.41, 5.74) is 0. The maximum absolute atomic E-state index is 8.09. The first-order valence-corrected chi connectivity index (χ1v) is 2.81. The maximum Gasteiger partial charge on any atom is 0.277 e. The molecule has 0 aromatic carbocycles. The van der Waals surface area contributed by atoms with Crippen molar-refractivity contribution in [2.75, 3.05) is 6.79 Å². The molecule has 0 heterocycles. The molecule has 0 aromatic heterocycles. The van der Waals surface area contributed by atoms with Crippen LogP contribution in [-0.2, 0) is 9.47 Å². The van der Waals surface area contributed by atoms with Crippen molar-refractivity contribution in [3.8, 4) is 0 Å². The predicted octanol–water partition coefficient (Wildman–Crippen LogP) is 1.16. The lowest BCUT2D eigenvalue weighted by atomic mass is 10.9. The third-order valence-electron chi connectivity index (χ3n) is 0.428. The molecule has 5 heteroatoms. The lowest BCUT2D eigenvalue weighted by Gasteiger charge is -1.95. The van der Waals surface area contributed by atoms with Gasteiger partial charge < -0.3 is 24.8 Å². The van der Waals surface area contributed by atoms with E-state index in [4.69, 9.17) is 15.3 Å². The molecule has 0 aliphatic rings. The van der Waals surface area contributed by atoms with Gasteiger partial charge in [-0.15, -0.1) is 0 Å². The highest BCUT2D eigenvalue weighted by molar-refractivity contribution is 4.73. The Morgan fingerprint density at radius 1 is 1.25 bits per heavy atom. The van der Waals surface area contributed by atoms with Crippen LogP contribution in [0.5, 0.6) is 0 Å². The van der Waals surface area contributed by atoms with E-state index in [0.717, 1.165) is 0 Å². The van der Waals surface area contributed by atoms with E-state index in [1.165, 1.54) is 6.26 Å². The van der Waals surface area contributed by atoms with Crippen molar-refractivity contribution in [1.82, 2.24) is 0 Å². The van der Waals surface area contributed by atoms with Crippen LogP contribution in [-0.4, -0.2) is 22.1 Å². The summed E-state index contributed by atoms with van der Waals surface area (Å²) in [4.78, 5) is 0. The fourth-order valence-corrected chi connectivity index (χ4v) is 0.189. The number of aliphatic hydroxyl groups is 3. The SMILES string of the molecule is C=C(O)OC(=C)O.C=COCO. The summed E-state index contributed by atoms with van der Waals surface area (Å²) in [6, 6.07) is 0. The molecule has 70 valence electrons. The van der Waals surface area contributed by atoms with Crippen molar-refractivity contribution in [3.63, 3.8) is 0 Å². The Morgan fingerprint density at radius 3 is 1.67 bits per heavy atom. The standard InChI is InChI=1S/C4H6O3.C3H6O2/c1-3(5)7-4(2)6;1-2-5-3-4/h5-6H,1-2H2;2,4H,1,3H2. The highest BCUT2D eigenvalue weighted by Gasteiger charge is 1.86. The van der Waals surface area contributed by atoms with Gasteiger partial charge >= 0.3 is 0 Å². The van der Waals surface area contributed by atoms with Crippen molar-refractivity contribution in [2.24, 2.45) is 0 Å². The van der Waals surface area contributed by atoms with Gasteiger partial charge in [0.2, 0.25) is 0 Å². The number of ether oxygens (including phenoxy) is 2. The first-order valence-electron chi connectivity index (χ1n) is 2.81. The zero-order valence-electron chi connectivity index (χ0n) is 6.56. The van der Waals surface area contributed by atoms with E-state index in [9.17, 15) is 0 Å². The van der Waals surface area contributed by atoms with Crippen LogP contribution in [0.15, 0.2) is 37.9 Å². The van der Waals surface area contributed by atoms with Gasteiger partial charge in [-0.25, -0.2) is 0 Å². The van der Waals surface area contributed by atoms with Crippen LogP contribution in [0.1, 0.15) is 0 Å². The third-order valence-corrected chi connectivity index (χ3v) is 0.428. The van der Waals surface area contributed by atoms with Gasteiger partial charge in [0.05, 0.1) is 6.26 Å². The van der Waals surface area contributed by atoms with Crippen molar-refractivity contribution in [1.29, 1.82) is 0 Å². The summed E-state index contributed by atoms with van der Waals surface area (Å²) in [7, 11) is 0. The summed E-state index contributed by atoms with van der Waals surface area (Å²) in [6.45, 7) is 8.71. The number of aliphatic hydroxyl groups excluding tert-OH is 3. The van der Waals surface area contributed by atoms with Crippen LogP contribution < -0.4 is 0 Å². The van der Waals surface area contributed by atoms with E-state index >= 15 is 0 Å². The zero-order chi connectivity index (χ0) is 9.98. The van der Waals surface area contributed by atoms with E-state index in [1.54, 1.807) is 0 Å². The van der Waals surface area contributed by atoms with Crippen LogP contribution in [0.25, 0.3) is 0 Å². The minimum atomic E-state index is -0.562. The Bertz CT molecular complexity index is 140. The molecular weight excluding hydrogens is 164 g/mol. The van der Waals surface area contributed by atoms with Crippen LogP contribution in [0.4, 0.5) is 0 Å². The third kappa shape index (κ3) is 23.8. The second kappa shape index (κ2) is 9.38. The molecule has 0 bridgehead atoms. The van der Waals surface area contributed by atoms with Crippen molar-refractivity contribution in [3.05, 3.63) is 37.9 Å². The molecule has 0 spiro atoms. The van der Waals surface area contributed by atoms with E-state index in [2.05, 4.69) is 29.2 Å². The number of hydrogen-bond donors (Lipinski definition) is 3. The van der Waals surface area contributed by atoms with Gasteiger partial charge in [0, 0.05) is 0 Å². The first-order chi connectivity index (χ1) is 5.54. The normalized spacial score (nSPS) is 7.08. The lowest BCUT2D eigenvalue weighted by molar-refractivity contribution is 0.0607. The van der Waals surface area contributed by atoms with Gasteiger partial charge in [-0.1, -0.05) is 6.58 Å². The van der Waals surface area contributed by atoms with Gasteiger partial charge in [0.15, 0.2) is 6.79 Å². The number of rotatable bonds is 4. The van der Waals surface area contributed by atoms with E-state index in [-0.39, 0.29) is 6.79 Å². The average molecular weight is 176 g/mol. The summed E-state index contributed by atoms with van der Waals surface area (Å²) >= 11 is 0. The van der Waals surface area contributed by atoms with Gasteiger partial charge in [-0.3, -0.25) is 0 Å². The Kier molecular flexibility index (Phi) is 10.2. The fraction of sp³-hybridized carbons (Fsp3) is 0.143. The van der Waals surface area contributed by atoms with Crippen molar-refractivity contribution >= 4 is 0 Å². The van der Waals surface area contributed by atoms with Gasteiger partial charge in [-0.2, -0.15) is 0 Å². The van der Waals surface area contributed by atoms with Crippen LogP contribution in [0.2, 0.25) is 0 Å². The highest BCUT2D eigenvalue weighted by Crippen LogP contribution is 1.91. The van der Waals surface area contributed by atoms with Crippen LogP contribution >= 0.6 is 0 Å². The Morgan fingerprint density at radius 2 is 1.67 bits per heavy atom. The molecule has 0 radical (unpaired) electrons. The molecule has 3 N–H and O–H groups in total. The van der Waals surface area contributed by atoms with E-state index in [1.807, 2.05) is 0 Å². The molecule has 0 aromatic rings. The van der Waals surface area contributed by atoms with Gasteiger partial charge in [0.25, 0.3) is 11.9 Å². The second-order valence-corrected chi connectivity index (χ2v) is 1.35. The molecule has 12 heavy (non-hydrogen) atoms. The fourth-order valence-electron chi connectivity index (χ4n) is 0.189. The average Bonchev–Trinajstić information content (AvgIpc) is 1.87. The number of hydrogen-bond acceptors (Lipinski definition) is 5. The van der Waals surface area contributed by atoms with Crippen LogP contribution in [0.3, 0.4) is 0 Å². The molecule has 0 aliphatic heterocycles. The second-order valence-electron chi connectivity index (χ2n) is 1.35. The van der Waals surface area contributed by atoms with Crippen molar-refractivity contribution in [2.45, 2.75) is 0 Å². The quantitative estimate of drug-likeness (QED) is 0.442. The van der Waals surface area contributed by atoms with E-state index in [0.29, 0.717) is 0 Å². The van der Waals surface area contributed by atoms with Gasteiger partial charge in [0.1, 0.15) is 0 Å². The molecule has 0 atom stereocenters. The lowest BCUT2D eigenvalue weighted by Crippen LogP contribution is -1.85.